The van der Waals surface area contributed by atoms with Gasteiger partial charge in [0.25, 0.3) is 0 Å². The van der Waals surface area contributed by atoms with Crippen molar-refractivity contribution in [2.45, 2.75) is 6.04 Å². The van der Waals surface area contributed by atoms with Gasteiger partial charge in [0.1, 0.15) is 5.82 Å². The molecule has 3 N–H and O–H groups in total. The maximum absolute atomic E-state index is 12.7. The highest BCUT2D eigenvalue weighted by molar-refractivity contribution is 5.70. The van der Waals surface area contributed by atoms with E-state index in [1.54, 1.807) is 12.1 Å². The molecule has 0 amide bonds. The quantitative estimate of drug-likeness (QED) is 0.700. The normalized spacial score (nSPS) is 21.9. The molecule has 0 fully saturated rings. The molecule has 14 heavy (non-hydrogen) atoms. The van der Waals surface area contributed by atoms with Gasteiger partial charge in [0, 0.05) is 19.1 Å². The van der Waals surface area contributed by atoms with Crippen molar-refractivity contribution in [3.8, 4) is 0 Å². The second-order valence-corrected chi connectivity index (χ2v) is 3.43. The number of benzene rings is 1. The van der Waals surface area contributed by atoms with E-state index in [1.165, 1.54) is 12.1 Å². The number of nitrogens with one attached hydrogen (secondary N) is 1. The average molecular weight is 192 g/mol. The topological polar surface area (TPSA) is 38.0 Å². The van der Waals surface area contributed by atoms with Gasteiger partial charge in [-0.25, -0.2) is 4.39 Å². The fourth-order valence-corrected chi connectivity index (χ4v) is 1.66. The molecule has 2 rings (SSSR count). The number of hydrogen-bond donors (Lipinski definition) is 2. The molecule has 0 saturated heterocycles. The third-order valence-corrected chi connectivity index (χ3v) is 2.41. The fraction of sp³-hybridized carbons (Fsp3) is 0.273. The summed E-state index contributed by atoms with van der Waals surface area (Å²) in [5, 5.41) is 3.17. The van der Waals surface area contributed by atoms with Crippen LogP contribution in [0.25, 0.3) is 5.57 Å². The summed E-state index contributed by atoms with van der Waals surface area (Å²) in [4.78, 5) is 0. The van der Waals surface area contributed by atoms with Gasteiger partial charge in [0.15, 0.2) is 0 Å². The van der Waals surface area contributed by atoms with Crippen LogP contribution in [0.4, 0.5) is 4.39 Å². The Morgan fingerprint density at radius 2 is 2.00 bits per heavy atom. The van der Waals surface area contributed by atoms with Crippen molar-refractivity contribution < 1.29 is 4.39 Å². The van der Waals surface area contributed by atoms with E-state index in [1.807, 2.05) is 0 Å². The molecule has 74 valence electrons. The number of rotatable bonds is 1. The van der Waals surface area contributed by atoms with Crippen molar-refractivity contribution in [3.05, 3.63) is 41.7 Å². The molecular formula is C11H13FN2. The van der Waals surface area contributed by atoms with Crippen molar-refractivity contribution in [2.24, 2.45) is 5.73 Å². The number of halogens is 1. The van der Waals surface area contributed by atoms with E-state index in [-0.39, 0.29) is 11.9 Å². The molecule has 3 heteroatoms. The number of hydrogen-bond acceptors (Lipinski definition) is 2. The minimum Gasteiger partial charge on any atom is -0.323 e. The first-order chi connectivity index (χ1) is 6.77. The fourth-order valence-electron chi connectivity index (χ4n) is 1.66. The Hall–Kier alpha value is -1.19. The molecule has 2 nitrogen and oxygen atoms in total. The van der Waals surface area contributed by atoms with Crippen molar-refractivity contribution in [1.82, 2.24) is 5.32 Å². The summed E-state index contributed by atoms with van der Waals surface area (Å²) in [5.74, 6) is -0.211. The van der Waals surface area contributed by atoms with Crippen LogP contribution in [0.1, 0.15) is 5.56 Å². The molecule has 0 aromatic heterocycles. The Balaban J connectivity index is 2.29. The maximum atomic E-state index is 12.7. The van der Waals surface area contributed by atoms with Crippen LogP contribution in [0.15, 0.2) is 30.3 Å². The minimum absolute atomic E-state index is 0.00853. The Kier molecular flexibility index (Phi) is 2.61. The Bertz CT molecular complexity index is 343. The molecule has 0 saturated carbocycles. The van der Waals surface area contributed by atoms with Crippen molar-refractivity contribution in [3.63, 3.8) is 0 Å². The lowest BCUT2D eigenvalue weighted by Gasteiger charge is -2.21. The standard InChI is InChI=1S/C11H13FN2/c12-9-3-1-8(2-4-9)10-5-6-14-7-11(10)13/h1-5,11,14H,6-7,13H2. The first-order valence-electron chi connectivity index (χ1n) is 4.69. The average Bonchev–Trinajstić information content (AvgIpc) is 2.20. The zero-order chi connectivity index (χ0) is 9.97. The molecule has 1 aliphatic rings. The van der Waals surface area contributed by atoms with Crippen LogP contribution in [0.5, 0.6) is 0 Å². The van der Waals surface area contributed by atoms with E-state index in [0.717, 1.165) is 24.2 Å². The van der Waals surface area contributed by atoms with Gasteiger partial charge < -0.3 is 11.1 Å². The number of nitrogens with two attached hydrogens (primary N) is 1. The molecule has 1 aromatic carbocycles. The largest absolute Gasteiger partial charge is 0.323 e. The van der Waals surface area contributed by atoms with Crippen LogP contribution < -0.4 is 11.1 Å². The highest BCUT2D eigenvalue weighted by atomic mass is 19.1. The summed E-state index contributed by atoms with van der Waals surface area (Å²) in [6.45, 7) is 1.61. The highest BCUT2D eigenvalue weighted by Gasteiger charge is 2.14. The molecule has 0 bridgehead atoms. The Labute approximate surface area is 82.6 Å². The van der Waals surface area contributed by atoms with Crippen molar-refractivity contribution in [1.29, 1.82) is 0 Å². The zero-order valence-electron chi connectivity index (χ0n) is 7.83. The monoisotopic (exact) mass is 192 g/mol. The van der Waals surface area contributed by atoms with Gasteiger partial charge in [-0.3, -0.25) is 0 Å². The lowest BCUT2D eigenvalue weighted by molar-refractivity contribution is 0.627. The van der Waals surface area contributed by atoms with Gasteiger partial charge in [-0.15, -0.1) is 0 Å². The molecule has 1 aromatic rings. The third kappa shape index (κ3) is 1.84. The van der Waals surface area contributed by atoms with E-state index in [2.05, 4.69) is 11.4 Å². The smallest absolute Gasteiger partial charge is 0.123 e. The van der Waals surface area contributed by atoms with Crippen molar-refractivity contribution >= 4 is 5.57 Å². The molecule has 0 radical (unpaired) electrons. The molecule has 0 aliphatic carbocycles. The molecule has 0 spiro atoms. The van der Waals surface area contributed by atoms with E-state index in [9.17, 15) is 4.39 Å². The summed E-state index contributed by atoms with van der Waals surface area (Å²) in [6.07, 6.45) is 2.06. The van der Waals surface area contributed by atoms with Crippen LogP contribution in [0, 0.1) is 5.82 Å². The highest BCUT2D eigenvalue weighted by Crippen LogP contribution is 2.18. The van der Waals surface area contributed by atoms with Crippen LogP contribution in [0.2, 0.25) is 0 Å². The first-order valence-corrected chi connectivity index (χ1v) is 4.69. The van der Waals surface area contributed by atoms with Crippen LogP contribution in [-0.4, -0.2) is 19.1 Å². The van der Waals surface area contributed by atoms with Crippen LogP contribution in [0.3, 0.4) is 0 Å². The van der Waals surface area contributed by atoms with Gasteiger partial charge in [-0.2, -0.15) is 0 Å². The van der Waals surface area contributed by atoms with Crippen LogP contribution in [-0.2, 0) is 0 Å². The molecular weight excluding hydrogens is 179 g/mol. The SMILES string of the molecule is NC1CNCC=C1c1ccc(F)cc1. The summed E-state index contributed by atoms with van der Waals surface area (Å²) in [5.41, 5.74) is 8.04. The zero-order valence-corrected chi connectivity index (χ0v) is 7.83. The van der Waals surface area contributed by atoms with Crippen LogP contribution >= 0.6 is 0 Å². The van der Waals surface area contributed by atoms with Gasteiger partial charge >= 0.3 is 0 Å². The second kappa shape index (κ2) is 3.90. The summed E-state index contributed by atoms with van der Waals surface area (Å²) >= 11 is 0. The van der Waals surface area contributed by atoms with E-state index < -0.39 is 0 Å². The molecule has 1 heterocycles. The van der Waals surface area contributed by atoms with Gasteiger partial charge in [0.2, 0.25) is 0 Å². The summed E-state index contributed by atoms with van der Waals surface area (Å²) in [7, 11) is 0. The summed E-state index contributed by atoms with van der Waals surface area (Å²) < 4.78 is 12.7. The van der Waals surface area contributed by atoms with Crippen molar-refractivity contribution in [2.75, 3.05) is 13.1 Å². The van der Waals surface area contributed by atoms with E-state index in [4.69, 9.17) is 5.73 Å². The minimum atomic E-state index is -0.211. The Morgan fingerprint density at radius 1 is 1.29 bits per heavy atom. The molecule has 1 atom stereocenters. The molecule has 1 aliphatic heterocycles. The van der Waals surface area contributed by atoms with E-state index in [0.29, 0.717) is 0 Å². The second-order valence-electron chi connectivity index (χ2n) is 3.43. The predicted octanol–water partition coefficient (Wildman–Crippen LogP) is 1.14. The molecule has 1 unspecified atom stereocenters. The third-order valence-electron chi connectivity index (χ3n) is 2.41. The first kappa shape index (κ1) is 9.37. The summed E-state index contributed by atoms with van der Waals surface area (Å²) in [6, 6.07) is 6.48. The lowest BCUT2D eigenvalue weighted by atomic mass is 9.96. The van der Waals surface area contributed by atoms with E-state index >= 15 is 0 Å². The lowest BCUT2D eigenvalue weighted by Crippen LogP contribution is -2.38. The Morgan fingerprint density at radius 3 is 2.64 bits per heavy atom. The van der Waals surface area contributed by atoms with Gasteiger partial charge in [-0.1, -0.05) is 18.2 Å². The maximum Gasteiger partial charge on any atom is 0.123 e. The predicted molar refractivity (Wildman–Crippen MR) is 55.2 cm³/mol. The van der Waals surface area contributed by atoms with Gasteiger partial charge in [0.05, 0.1) is 0 Å². The van der Waals surface area contributed by atoms with Gasteiger partial charge in [-0.05, 0) is 23.3 Å².